The SMILES string of the molecule is O=C(/C=C/c1cccc([N+](=O)[O-])c1)Oc1ccc2oc3ccccc3c2c1. The second-order valence-electron chi connectivity index (χ2n) is 5.86. The van der Waals surface area contributed by atoms with E-state index in [2.05, 4.69) is 0 Å². The van der Waals surface area contributed by atoms with Crippen molar-refractivity contribution < 1.29 is 18.9 Å². The molecule has 4 rings (SSSR count). The summed E-state index contributed by atoms with van der Waals surface area (Å²) in [6, 6.07) is 18.8. The third-order valence-corrected chi connectivity index (χ3v) is 4.06. The number of rotatable bonds is 4. The summed E-state index contributed by atoms with van der Waals surface area (Å²) in [5, 5.41) is 12.6. The molecule has 3 aromatic carbocycles. The van der Waals surface area contributed by atoms with Crippen molar-refractivity contribution >= 4 is 39.7 Å². The number of carbonyl (C=O) groups excluding carboxylic acids is 1. The molecule has 6 nitrogen and oxygen atoms in total. The number of carbonyl (C=O) groups is 1. The Bertz CT molecular complexity index is 1210. The van der Waals surface area contributed by atoms with Crippen molar-refractivity contribution in [2.75, 3.05) is 0 Å². The Labute approximate surface area is 153 Å². The van der Waals surface area contributed by atoms with Crippen molar-refractivity contribution in [3.63, 3.8) is 0 Å². The quantitative estimate of drug-likeness (QED) is 0.166. The second kappa shape index (κ2) is 6.76. The largest absolute Gasteiger partial charge is 0.456 e. The fourth-order valence-corrected chi connectivity index (χ4v) is 2.83. The fourth-order valence-electron chi connectivity index (χ4n) is 2.83. The Morgan fingerprint density at radius 1 is 0.963 bits per heavy atom. The van der Waals surface area contributed by atoms with Crippen LogP contribution in [0.5, 0.6) is 5.75 Å². The van der Waals surface area contributed by atoms with E-state index in [0.29, 0.717) is 16.9 Å². The van der Waals surface area contributed by atoms with Crippen molar-refractivity contribution in [3.8, 4) is 5.75 Å². The average Bonchev–Trinajstić information content (AvgIpc) is 3.05. The number of non-ortho nitro benzene ring substituents is 1. The van der Waals surface area contributed by atoms with Crippen molar-refractivity contribution in [2.45, 2.75) is 0 Å². The van der Waals surface area contributed by atoms with Crippen molar-refractivity contribution in [1.29, 1.82) is 0 Å². The van der Waals surface area contributed by atoms with E-state index in [0.717, 1.165) is 16.4 Å². The van der Waals surface area contributed by atoms with E-state index in [1.165, 1.54) is 24.3 Å². The first-order valence-electron chi connectivity index (χ1n) is 8.16. The van der Waals surface area contributed by atoms with Crippen LogP contribution in [0.1, 0.15) is 5.56 Å². The molecule has 4 aromatic rings. The molecular formula is C21H13NO5. The summed E-state index contributed by atoms with van der Waals surface area (Å²) in [4.78, 5) is 22.4. The number of nitro groups is 1. The maximum absolute atomic E-state index is 12.1. The number of nitrogens with zero attached hydrogens (tertiary/aromatic N) is 1. The van der Waals surface area contributed by atoms with Crippen LogP contribution < -0.4 is 4.74 Å². The molecule has 0 unspecified atom stereocenters. The molecule has 1 aromatic heterocycles. The molecule has 0 saturated carbocycles. The summed E-state index contributed by atoms with van der Waals surface area (Å²) in [5.41, 5.74) is 1.98. The van der Waals surface area contributed by atoms with Gasteiger partial charge in [0.25, 0.3) is 5.69 Å². The number of hydrogen-bond donors (Lipinski definition) is 0. The normalized spacial score (nSPS) is 11.3. The average molecular weight is 359 g/mol. The van der Waals surface area contributed by atoms with Gasteiger partial charge in [-0.25, -0.2) is 4.79 Å². The van der Waals surface area contributed by atoms with Crippen LogP contribution in [0.2, 0.25) is 0 Å². The highest BCUT2D eigenvalue weighted by Gasteiger charge is 2.09. The molecule has 0 fully saturated rings. The van der Waals surface area contributed by atoms with Crippen molar-refractivity contribution in [1.82, 2.24) is 0 Å². The van der Waals surface area contributed by atoms with E-state index in [9.17, 15) is 14.9 Å². The van der Waals surface area contributed by atoms with Crippen LogP contribution in [0.3, 0.4) is 0 Å². The molecule has 0 radical (unpaired) electrons. The van der Waals surface area contributed by atoms with E-state index < -0.39 is 10.9 Å². The Kier molecular flexibility index (Phi) is 4.14. The molecule has 0 amide bonds. The topological polar surface area (TPSA) is 82.6 Å². The standard InChI is InChI=1S/C21H13NO5/c23-21(11-8-14-4-3-5-15(12-14)22(24)25)26-16-9-10-20-18(13-16)17-6-1-2-7-19(17)27-20/h1-13H/b11-8+. The third kappa shape index (κ3) is 3.41. The molecule has 0 aliphatic rings. The van der Waals surface area contributed by atoms with E-state index in [-0.39, 0.29) is 5.69 Å². The molecule has 0 aliphatic carbocycles. The van der Waals surface area contributed by atoms with Gasteiger partial charge in [0.05, 0.1) is 4.92 Å². The van der Waals surface area contributed by atoms with Crippen LogP contribution in [0.15, 0.2) is 77.2 Å². The van der Waals surface area contributed by atoms with Gasteiger partial charge in [-0.05, 0) is 35.9 Å². The van der Waals surface area contributed by atoms with Gasteiger partial charge in [-0.15, -0.1) is 0 Å². The minimum absolute atomic E-state index is 0.0391. The number of nitro benzene ring substituents is 1. The lowest BCUT2D eigenvalue weighted by Crippen LogP contribution is -2.03. The van der Waals surface area contributed by atoms with E-state index in [4.69, 9.17) is 9.15 Å². The fraction of sp³-hybridized carbons (Fsp3) is 0. The molecule has 0 atom stereocenters. The van der Waals surface area contributed by atoms with Crippen LogP contribution in [0.4, 0.5) is 5.69 Å². The van der Waals surface area contributed by atoms with E-state index >= 15 is 0 Å². The van der Waals surface area contributed by atoms with Crippen LogP contribution in [-0.2, 0) is 4.79 Å². The van der Waals surface area contributed by atoms with Crippen LogP contribution in [0, 0.1) is 10.1 Å². The number of benzene rings is 3. The van der Waals surface area contributed by atoms with E-state index in [1.807, 2.05) is 24.3 Å². The van der Waals surface area contributed by atoms with Gasteiger partial charge >= 0.3 is 5.97 Å². The lowest BCUT2D eigenvalue weighted by atomic mass is 10.1. The number of esters is 1. The smallest absolute Gasteiger partial charge is 0.336 e. The van der Waals surface area contributed by atoms with Gasteiger partial charge in [0.15, 0.2) is 0 Å². The van der Waals surface area contributed by atoms with Gasteiger partial charge in [-0.3, -0.25) is 10.1 Å². The first-order chi connectivity index (χ1) is 13.1. The molecule has 0 aliphatic heterocycles. The van der Waals surface area contributed by atoms with Gasteiger partial charge < -0.3 is 9.15 Å². The van der Waals surface area contributed by atoms with E-state index in [1.54, 1.807) is 30.3 Å². The van der Waals surface area contributed by atoms with Crippen LogP contribution in [-0.4, -0.2) is 10.9 Å². The molecule has 0 saturated heterocycles. The maximum atomic E-state index is 12.1. The van der Waals surface area contributed by atoms with Gasteiger partial charge in [-0.1, -0.05) is 30.3 Å². The van der Waals surface area contributed by atoms with Crippen LogP contribution >= 0.6 is 0 Å². The molecule has 0 bridgehead atoms. The Balaban J connectivity index is 1.55. The number of hydrogen-bond acceptors (Lipinski definition) is 5. The molecule has 0 spiro atoms. The highest BCUT2D eigenvalue weighted by atomic mass is 16.6. The molecule has 27 heavy (non-hydrogen) atoms. The lowest BCUT2D eigenvalue weighted by Gasteiger charge is -2.01. The number of furan rings is 1. The first-order valence-corrected chi connectivity index (χ1v) is 8.16. The zero-order chi connectivity index (χ0) is 18.8. The monoisotopic (exact) mass is 359 g/mol. The third-order valence-electron chi connectivity index (χ3n) is 4.06. The maximum Gasteiger partial charge on any atom is 0.336 e. The minimum Gasteiger partial charge on any atom is -0.456 e. The Morgan fingerprint density at radius 2 is 1.78 bits per heavy atom. The van der Waals surface area contributed by atoms with Crippen molar-refractivity contribution in [2.24, 2.45) is 0 Å². The molecular weight excluding hydrogens is 346 g/mol. The molecule has 1 heterocycles. The zero-order valence-electron chi connectivity index (χ0n) is 14.0. The summed E-state index contributed by atoms with van der Waals surface area (Å²) in [6.07, 6.45) is 2.71. The van der Waals surface area contributed by atoms with Gasteiger partial charge in [0, 0.05) is 29.0 Å². The molecule has 6 heteroatoms. The summed E-state index contributed by atoms with van der Waals surface area (Å²) in [5.74, 6) is -0.184. The Hall–Kier alpha value is -3.93. The summed E-state index contributed by atoms with van der Waals surface area (Å²) >= 11 is 0. The predicted octanol–water partition coefficient (Wildman–Crippen LogP) is 5.11. The minimum atomic E-state index is -0.575. The van der Waals surface area contributed by atoms with Gasteiger partial charge in [0.2, 0.25) is 0 Å². The Morgan fingerprint density at radius 3 is 2.63 bits per heavy atom. The number of fused-ring (bicyclic) bond motifs is 3. The predicted molar refractivity (Wildman–Crippen MR) is 101 cm³/mol. The highest BCUT2D eigenvalue weighted by molar-refractivity contribution is 6.05. The number of para-hydroxylation sites is 1. The summed E-state index contributed by atoms with van der Waals surface area (Å²) < 4.78 is 11.1. The molecule has 0 N–H and O–H groups in total. The summed E-state index contributed by atoms with van der Waals surface area (Å²) in [6.45, 7) is 0. The van der Waals surface area contributed by atoms with Crippen molar-refractivity contribution in [3.05, 3.63) is 88.5 Å². The lowest BCUT2D eigenvalue weighted by molar-refractivity contribution is -0.384. The highest BCUT2D eigenvalue weighted by Crippen LogP contribution is 2.31. The summed E-state index contributed by atoms with van der Waals surface area (Å²) in [7, 11) is 0. The number of ether oxygens (including phenoxy) is 1. The zero-order valence-corrected chi connectivity index (χ0v) is 14.0. The molecule has 132 valence electrons. The van der Waals surface area contributed by atoms with Gasteiger partial charge in [-0.2, -0.15) is 0 Å². The first kappa shape index (κ1) is 16.5. The van der Waals surface area contributed by atoms with Crippen LogP contribution in [0.25, 0.3) is 28.0 Å². The second-order valence-corrected chi connectivity index (χ2v) is 5.86. The van der Waals surface area contributed by atoms with Gasteiger partial charge in [0.1, 0.15) is 16.9 Å².